The molecule has 0 spiro atoms. The molecule has 31 heavy (non-hydrogen) atoms. The van der Waals surface area contributed by atoms with E-state index in [-0.39, 0.29) is 18.4 Å². The number of halogens is 1. The summed E-state index contributed by atoms with van der Waals surface area (Å²) in [6, 6.07) is 4.12. The van der Waals surface area contributed by atoms with Gasteiger partial charge in [0.05, 0.1) is 30.5 Å². The molecule has 2 aliphatic rings. The maximum absolute atomic E-state index is 13.6. The fraction of sp³-hybridized carbons (Fsp3) is 0.364. The van der Waals surface area contributed by atoms with Gasteiger partial charge in [0.2, 0.25) is 0 Å². The number of ether oxygens (including phenoxy) is 1. The van der Waals surface area contributed by atoms with E-state index in [9.17, 15) is 19.1 Å². The van der Waals surface area contributed by atoms with E-state index in [1.165, 1.54) is 18.2 Å². The minimum Gasteiger partial charge on any atom is -0.390 e. The second-order valence-corrected chi connectivity index (χ2v) is 7.72. The van der Waals surface area contributed by atoms with Gasteiger partial charge in [-0.05, 0) is 36.8 Å². The lowest BCUT2D eigenvalue weighted by molar-refractivity contribution is -0.110. The second kappa shape index (κ2) is 9.01. The topological polar surface area (TPSA) is 107 Å². The highest BCUT2D eigenvalue weighted by Gasteiger charge is 2.25. The van der Waals surface area contributed by atoms with Crippen LogP contribution < -0.4 is 10.6 Å². The molecular formula is C22H25FN4O4. The van der Waals surface area contributed by atoms with Gasteiger partial charge >= 0.3 is 0 Å². The Morgan fingerprint density at radius 1 is 1.39 bits per heavy atom. The van der Waals surface area contributed by atoms with Crippen molar-refractivity contribution in [3.05, 3.63) is 52.6 Å². The number of nitrogens with one attached hydrogen (secondary N) is 3. The van der Waals surface area contributed by atoms with Crippen LogP contribution in [0.5, 0.6) is 0 Å². The third-order valence-electron chi connectivity index (χ3n) is 5.55. The van der Waals surface area contributed by atoms with Crippen LogP contribution in [-0.2, 0) is 9.53 Å². The lowest BCUT2D eigenvalue weighted by Gasteiger charge is -2.28. The Hall–Kier alpha value is -3.01. The molecule has 3 heterocycles. The van der Waals surface area contributed by atoms with Gasteiger partial charge in [0, 0.05) is 49.3 Å². The number of hydrogen-bond acceptors (Lipinski definition) is 5. The number of nitrogens with zero attached hydrogens (tertiary/aromatic N) is 1. The van der Waals surface area contributed by atoms with Crippen molar-refractivity contribution in [2.75, 3.05) is 44.7 Å². The van der Waals surface area contributed by atoms with E-state index >= 15 is 0 Å². The SMILES string of the molecule is Cc1c(C(=O)NC[C@H](O)CN2CCOCC2)c[nH]c1/C=C1\C(=O)Nc2ccc(F)cc21. The van der Waals surface area contributed by atoms with Crippen molar-refractivity contribution in [2.45, 2.75) is 13.0 Å². The first-order valence-electron chi connectivity index (χ1n) is 10.2. The third-order valence-corrected chi connectivity index (χ3v) is 5.55. The number of β-amino-alcohol motifs (C(OH)–C–C–N with tert-alkyl or cyclic N) is 1. The van der Waals surface area contributed by atoms with Crippen molar-refractivity contribution in [1.29, 1.82) is 0 Å². The van der Waals surface area contributed by atoms with Crippen molar-refractivity contribution in [3.63, 3.8) is 0 Å². The number of aliphatic hydroxyl groups excluding tert-OH is 1. The number of benzene rings is 1. The molecule has 1 aromatic heterocycles. The Morgan fingerprint density at radius 3 is 2.94 bits per heavy atom. The van der Waals surface area contributed by atoms with Crippen LogP contribution in [0.3, 0.4) is 0 Å². The van der Waals surface area contributed by atoms with Gasteiger partial charge in [-0.1, -0.05) is 0 Å². The fourth-order valence-electron chi connectivity index (χ4n) is 3.80. The number of anilines is 1. The summed E-state index contributed by atoms with van der Waals surface area (Å²) in [6.45, 7) is 5.19. The number of aliphatic hydroxyl groups is 1. The number of hydrogen-bond donors (Lipinski definition) is 4. The molecule has 1 atom stereocenters. The van der Waals surface area contributed by atoms with Crippen molar-refractivity contribution < 1.29 is 23.8 Å². The van der Waals surface area contributed by atoms with Crippen LogP contribution in [0.15, 0.2) is 24.4 Å². The smallest absolute Gasteiger partial charge is 0.256 e. The second-order valence-electron chi connectivity index (χ2n) is 7.72. The molecule has 0 radical (unpaired) electrons. The number of carbonyl (C=O) groups is 2. The molecule has 4 rings (SSSR count). The van der Waals surface area contributed by atoms with Crippen molar-refractivity contribution in [1.82, 2.24) is 15.2 Å². The first-order chi connectivity index (χ1) is 14.9. The number of amides is 2. The summed E-state index contributed by atoms with van der Waals surface area (Å²) >= 11 is 0. The lowest BCUT2D eigenvalue weighted by Crippen LogP contribution is -2.44. The number of aromatic nitrogens is 1. The highest BCUT2D eigenvalue weighted by Crippen LogP contribution is 2.34. The van der Waals surface area contributed by atoms with Gasteiger partial charge in [-0.3, -0.25) is 14.5 Å². The summed E-state index contributed by atoms with van der Waals surface area (Å²) in [5, 5.41) is 15.7. The average molecular weight is 428 g/mol. The van der Waals surface area contributed by atoms with Crippen LogP contribution in [0.1, 0.15) is 27.2 Å². The standard InChI is InChI=1S/C22H25FN4O4/c1-13-18(21(29)25-10-15(28)12-27-4-6-31-7-5-27)11-24-20(13)9-17-16-8-14(23)2-3-19(16)26-22(17)30/h2-3,8-9,11,15,24,28H,4-7,10,12H2,1H3,(H,25,29)(H,26,30)/b17-9-/t15-/m0/s1. The van der Waals surface area contributed by atoms with Crippen molar-refractivity contribution >= 4 is 29.2 Å². The molecule has 8 nitrogen and oxygen atoms in total. The Balaban J connectivity index is 1.42. The zero-order chi connectivity index (χ0) is 22.0. The van der Waals surface area contributed by atoms with E-state index in [1.807, 2.05) is 0 Å². The van der Waals surface area contributed by atoms with Crippen molar-refractivity contribution in [3.8, 4) is 0 Å². The van der Waals surface area contributed by atoms with Gasteiger partial charge in [0.25, 0.3) is 11.8 Å². The Bertz CT molecular complexity index is 1030. The van der Waals surface area contributed by atoms with E-state index < -0.39 is 11.9 Å². The zero-order valence-corrected chi connectivity index (χ0v) is 17.2. The molecule has 4 N–H and O–H groups in total. The van der Waals surface area contributed by atoms with Crippen LogP contribution >= 0.6 is 0 Å². The Morgan fingerprint density at radius 2 is 2.16 bits per heavy atom. The Labute approximate surface area is 179 Å². The number of H-pyrrole nitrogens is 1. The summed E-state index contributed by atoms with van der Waals surface area (Å²) < 4.78 is 18.9. The number of fused-ring (bicyclic) bond motifs is 1. The monoisotopic (exact) mass is 428 g/mol. The van der Waals surface area contributed by atoms with Gasteiger partial charge < -0.3 is 25.5 Å². The van der Waals surface area contributed by atoms with E-state index in [1.54, 1.807) is 19.2 Å². The molecule has 2 amide bonds. The third kappa shape index (κ3) is 4.68. The van der Waals surface area contributed by atoms with Crippen LogP contribution in [0.4, 0.5) is 10.1 Å². The molecule has 9 heteroatoms. The summed E-state index contributed by atoms with van der Waals surface area (Å²) in [4.78, 5) is 30.0. The fourth-order valence-corrected chi connectivity index (χ4v) is 3.80. The first-order valence-corrected chi connectivity index (χ1v) is 10.2. The van der Waals surface area contributed by atoms with Gasteiger partial charge in [-0.2, -0.15) is 0 Å². The van der Waals surface area contributed by atoms with Crippen LogP contribution in [0.2, 0.25) is 0 Å². The molecule has 2 aromatic rings. The first kappa shape index (κ1) is 21.2. The molecule has 0 bridgehead atoms. The predicted octanol–water partition coefficient (Wildman–Crippen LogP) is 1.38. The minimum absolute atomic E-state index is 0.131. The molecule has 0 unspecified atom stereocenters. The van der Waals surface area contributed by atoms with E-state index in [0.29, 0.717) is 53.4 Å². The van der Waals surface area contributed by atoms with Crippen molar-refractivity contribution in [2.24, 2.45) is 0 Å². The Kier molecular flexibility index (Phi) is 6.17. The zero-order valence-electron chi connectivity index (χ0n) is 17.2. The van der Waals surface area contributed by atoms with Crippen LogP contribution in [0, 0.1) is 12.7 Å². The number of rotatable bonds is 6. The number of morpholine rings is 1. The summed E-state index contributed by atoms with van der Waals surface area (Å²) in [5.41, 5.74) is 3.02. The summed E-state index contributed by atoms with van der Waals surface area (Å²) in [6.07, 6.45) is 2.49. The summed E-state index contributed by atoms with van der Waals surface area (Å²) in [5.74, 6) is -1.08. The van der Waals surface area contributed by atoms with Gasteiger partial charge in [-0.25, -0.2) is 4.39 Å². The molecule has 164 valence electrons. The minimum atomic E-state index is -0.684. The van der Waals surface area contributed by atoms with Crippen LogP contribution in [-0.4, -0.2) is 72.3 Å². The van der Waals surface area contributed by atoms with Gasteiger partial charge in [-0.15, -0.1) is 0 Å². The number of aromatic amines is 1. The molecule has 0 aliphatic carbocycles. The maximum Gasteiger partial charge on any atom is 0.256 e. The van der Waals surface area contributed by atoms with E-state index in [4.69, 9.17) is 4.74 Å². The highest BCUT2D eigenvalue weighted by molar-refractivity contribution is 6.34. The van der Waals surface area contributed by atoms with Crippen LogP contribution in [0.25, 0.3) is 11.6 Å². The molecule has 1 fully saturated rings. The quantitative estimate of drug-likeness (QED) is 0.520. The molecule has 1 aromatic carbocycles. The van der Waals surface area contributed by atoms with E-state index in [2.05, 4.69) is 20.5 Å². The maximum atomic E-state index is 13.6. The molecule has 2 aliphatic heterocycles. The largest absolute Gasteiger partial charge is 0.390 e. The molecule has 1 saturated heterocycles. The highest BCUT2D eigenvalue weighted by atomic mass is 19.1. The van der Waals surface area contributed by atoms with E-state index in [0.717, 1.165) is 13.1 Å². The number of carbonyl (C=O) groups excluding carboxylic acids is 2. The molecular weight excluding hydrogens is 403 g/mol. The van der Waals surface area contributed by atoms with Gasteiger partial charge in [0.15, 0.2) is 0 Å². The summed E-state index contributed by atoms with van der Waals surface area (Å²) in [7, 11) is 0. The normalized spacial score (nSPS) is 18.7. The van der Waals surface area contributed by atoms with Gasteiger partial charge in [0.1, 0.15) is 5.82 Å². The predicted molar refractivity (Wildman–Crippen MR) is 114 cm³/mol. The lowest BCUT2D eigenvalue weighted by atomic mass is 10.0. The average Bonchev–Trinajstić information content (AvgIpc) is 3.27. The molecule has 0 saturated carbocycles.